The third kappa shape index (κ3) is 1.23. The number of H-pyrrole nitrogens is 1. The van der Waals surface area contributed by atoms with Gasteiger partial charge in [-0.1, -0.05) is 18.2 Å². The third-order valence-corrected chi connectivity index (χ3v) is 3.23. The van der Waals surface area contributed by atoms with Crippen LogP contribution in [0.1, 0.15) is 17.0 Å². The lowest BCUT2D eigenvalue weighted by molar-refractivity contribution is 1.02. The van der Waals surface area contributed by atoms with Crippen LogP contribution < -0.4 is 0 Å². The molecule has 0 spiro atoms. The first-order valence-corrected chi connectivity index (χ1v) is 5.86. The molecule has 1 N–H and O–H groups in total. The Morgan fingerprint density at radius 2 is 2.00 bits per heavy atom. The summed E-state index contributed by atoms with van der Waals surface area (Å²) in [4.78, 5) is 8.91. The molecule has 4 heteroatoms. The van der Waals surface area contributed by atoms with Crippen LogP contribution in [-0.2, 0) is 6.54 Å². The molecule has 0 atom stereocenters. The molecule has 2 aromatic heterocycles. The van der Waals surface area contributed by atoms with Gasteiger partial charge in [0.05, 0.1) is 23.5 Å². The molecule has 0 aliphatic carbocycles. The minimum Gasteiger partial charge on any atom is -0.277 e. The van der Waals surface area contributed by atoms with Crippen LogP contribution in [0.15, 0.2) is 47.6 Å². The number of hydrogen-bond donors (Lipinski definition) is 1. The Kier molecular flexibility index (Phi) is 1.85. The quantitative estimate of drug-likeness (QED) is 0.702. The fourth-order valence-corrected chi connectivity index (χ4v) is 2.37. The first-order chi connectivity index (χ1) is 8.93. The Morgan fingerprint density at radius 1 is 1.06 bits per heavy atom. The summed E-state index contributed by atoms with van der Waals surface area (Å²) in [5, 5.41) is 8.54. The number of rotatable bonds is 1. The van der Waals surface area contributed by atoms with Crippen molar-refractivity contribution in [3.05, 3.63) is 59.5 Å². The van der Waals surface area contributed by atoms with Gasteiger partial charge in [0, 0.05) is 17.1 Å². The second kappa shape index (κ2) is 3.50. The van der Waals surface area contributed by atoms with Crippen LogP contribution in [-0.4, -0.2) is 20.9 Å². The minimum atomic E-state index is 0.646. The van der Waals surface area contributed by atoms with E-state index in [1.54, 1.807) is 6.20 Å². The molecule has 0 fully saturated rings. The zero-order chi connectivity index (χ0) is 11.9. The molecular weight excluding hydrogens is 224 g/mol. The van der Waals surface area contributed by atoms with Gasteiger partial charge in [-0.05, 0) is 18.2 Å². The van der Waals surface area contributed by atoms with Gasteiger partial charge in [-0.15, -0.1) is 0 Å². The summed E-state index contributed by atoms with van der Waals surface area (Å²) in [5.74, 6) is 0. The smallest absolute Gasteiger partial charge is 0.119 e. The number of aromatic nitrogens is 3. The van der Waals surface area contributed by atoms with Crippen molar-refractivity contribution < 1.29 is 0 Å². The fourth-order valence-electron chi connectivity index (χ4n) is 2.37. The number of aliphatic imine (C=N–C) groups is 1. The van der Waals surface area contributed by atoms with E-state index in [2.05, 4.69) is 32.3 Å². The average molecular weight is 234 g/mol. The van der Waals surface area contributed by atoms with E-state index in [0.29, 0.717) is 6.54 Å². The molecule has 0 amide bonds. The summed E-state index contributed by atoms with van der Waals surface area (Å²) in [7, 11) is 0. The van der Waals surface area contributed by atoms with Crippen molar-refractivity contribution in [1.29, 1.82) is 0 Å². The molecule has 3 aromatic rings. The van der Waals surface area contributed by atoms with Crippen molar-refractivity contribution in [1.82, 2.24) is 15.2 Å². The van der Waals surface area contributed by atoms with Crippen LogP contribution in [0.5, 0.6) is 0 Å². The van der Waals surface area contributed by atoms with E-state index >= 15 is 0 Å². The van der Waals surface area contributed by atoms with Gasteiger partial charge in [-0.2, -0.15) is 5.10 Å². The van der Waals surface area contributed by atoms with E-state index in [0.717, 1.165) is 33.6 Å². The maximum absolute atomic E-state index is 4.57. The van der Waals surface area contributed by atoms with Crippen LogP contribution in [0.4, 0.5) is 0 Å². The zero-order valence-corrected chi connectivity index (χ0v) is 9.59. The van der Waals surface area contributed by atoms with Gasteiger partial charge in [0.2, 0.25) is 0 Å². The van der Waals surface area contributed by atoms with Gasteiger partial charge < -0.3 is 0 Å². The molecule has 1 aliphatic rings. The summed E-state index contributed by atoms with van der Waals surface area (Å²) in [6.07, 6.45) is 1.81. The van der Waals surface area contributed by atoms with Crippen LogP contribution in [0.2, 0.25) is 0 Å². The molecule has 1 aromatic carbocycles. The minimum absolute atomic E-state index is 0.646. The summed E-state index contributed by atoms with van der Waals surface area (Å²) in [5.41, 5.74) is 5.01. The molecular formula is C14H10N4. The first-order valence-electron chi connectivity index (χ1n) is 5.86. The van der Waals surface area contributed by atoms with Crippen molar-refractivity contribution in [2.24, 2.45) is 4.99 Å². The van der Waals surface area contributed by atoms with E-state index in [1.807, 2.05) is 24.3 Å². The monoisotopic (exact) mass is 234 g/mol. The number of aromatic amines is 1. The van der Waals surface area contributed by atoms with E-state index in [-0.39, 0.29) is 0 Å². The number of benzene rings is 1. The molecule has 86 valence electrons. The summed E-state index contributed by atoms with van der Waals surface area (Å²) in [6, 6.07) is 12.1. The Balaban J connectivity index is 1.95. The van der Waals surface area contributed by atoms with Crippen LogP contribution in [0.3, 0.4) is 0 Å². The lowest BCUT2D eigenvalue weighted by Crippen LogP contribution is -2.02. The Bertz CT molecular complexity index is 770. The fraction of sp³-hybridized carbons (Fsp3) is 0.0714. The zero-order valence-electron chi connectivity index (χ0n) is 9.59. The van der Waals surface area contributed by atoms with Crippen molar-refractivity contribution in [2.45, 2.75) is 6.54 Å². The molecule has 18 heavy (non-hydrogen) atoms. The van der Waals surface area contributed by atoms with Gasteiger partial charge in [-0.25, -0.2) is 0 Å². The standard InChI is InChI=1S/C14H10N4/c1-2-6-11-9(4-1)14(18-17-11)13-10-5-3-7-15-12(10)8-16-13/h1-7H,8H2,(H,17,18). The molecule has 1 aliphatic heterocycles. The lowest BCUT2D eigenvalue weighted by Gasteiger charge is -1.99. The number of nitrogens with one attached hydrogen (secondary N) is 1. The highest BCUT2D eigenvalue weighted by atomic mass is 15.1. The second-order valence-corrected chi connectivity index (χ2v) is 4.28. The maximum Gasteiger partial charge on any atom is 0.119 e. The SMILES string of the molecule is c1cnc2c(c1)C(c1n[nH]c3ccccc13)=NC2. The van der Waals surface area contributed by atoms with Crippen molar-refractivity contribution in [2.75, 3.05) is 0 Å². The summed E-state index contributed by atoms with van der Waals surface area (Å²) < 4.78 is 0. The summed E-state index contributed by atoms with van der Waals surface area (Å²) >= 11 is 0. The van der Waals surface area contributed by atoms with E-state index in [4.69, 9.17) is 0 Å². The topological polar surface area (TPSA) is 53.9 Å². The van der Waals surface area contributed by atoms with Crippen LogP contribution in [0, 0.1) is 0 Å². The number of hydrogen-bond acceptors (Lipinski definition) is 3. The van der Waals surface area contributed by atoms with E-state index in [9.17, 15) is 0 Å². The van der Waals surface area contributed by atoms with Gasteiger partial charge in [0.1, 0.15) is 5.69 Å². The molecule has 0 unspecified atom stereocenters. The first kappa shape index (κ1) is 9.53. The van der Waals surface area contributed by atoms with E-state index in [1.165, 1.54) is 0 Å². The van der Waals surface area contributed by atoms with Crippen LogP contribution in [0.25, 0.3) is 10.9 Å². The normalized spacial score (nSPS) is 13.7. The predicted molar refractivity (Wildman–Crippen MR) is 69.7 cm³/mol. The number of para-hydroxylation sites is 1. The average Bonchev–Trinajstić information content (AvgIpc) is 3.01. The highest BCUT2D eigenvalue weighted by Crippen LogP contribution is 2.24. The van der Waals surface area contributed by atoms with Crippen molar-refractivity contribution in [3.8, 4) is 0 Å². The maximum atomic E-state index is 4.57. The highest BCUT2D eigenvalue weighted by molar-refractivity contribution is 6.19. The van der Waals surface area contributed by atoms with Gasteiger partial charge in [-0.3, -0.25) is 15.1 Å². The molecule has 4 nitrogen and oxygen atoms in total. The Labute approximate surface area is 103 Å². The molecule has 0 radical (unpaired) electrons. The van der Waals surface area contributed by atoms with E-state index < -0.39 is 0 Å². The molecule has 0 bridgehead atoms. The highest BCUT2D eigenvalue weighted by Gasteiger charge is 2.21. The molecule has 0 saturated carbocycles. The second-order valence-electron chi connectivity index (χ2n) is 4.28. The molecule has 0 saturated heterocycles. The number of nitrogens with zero attached hydrogens (tertiary/aromatic N) is 3. The van der Waals surface area contributed by atoms with Gasteiger partial charge in [0.15, 0.2) is 0 Å². The van der Waals surface area contributed by atoms with Crippen LogP contribution >= 0.6 is 0 Å². The largest absolute Gasteiger partial charge is 0.277 e. The predicted octanol–water partition coefficient (Wildman–Crippen LogP) is 2.31. The van der Waals surface area contributed by atoms with Crippen molar-refractivity contribution in [3.63, 3.8) is 0 Å². The lowest BCUT2D eigenvalue weighted by atomic mass is 10.1. The van der Waals surface area contributed by atoms with Gasteiger partial charge >= 0.3 is 0 Å². The Morgan fingerprint density at radius 3 is 3.00 bits per heavy atom. The van der Waals surface area contributed by atoms with Crippen molar-refractivity contribution >= 4 is 16.6 Å². The summed E-state index contributed by atoms with van der Waals surface area (Å²) in [6.45, 7) is 0.646. The molecule has 3 heterocycles. The third-order valence-electron chi connectivity index (χ3n) is 3.23. The van der Waals surface area contributed by atoms with Gasteiger partial charge in [0.25, 0.3) is 0 Å². The number of fused-ring (bicyclic) bond motifs is 2. The molecule has 4 rings (SSSR count). The number of pyridine rings is 1. The Hall–Kier alpha value is -2.49.